The van der Waals surface area contributed by atoms with Gasteiger partial charge in [-0.3, -0.25) is 14.6 Å². The zero-order valence-corrected chi connectivity index (χ0v) is 19.5. The van der Waals surface area contributed by atoms with Crippen LogP contribution in [0.15, 0.2) is 64.7 Å². The second kappa shape index (κ2) is 9.74. The highest BCUT2D eigenvalue weighted by atomic mass is 32.1. The van der Waals surface area contributed by atoms with Gasteiger partial charge in [-0.05, 0) is 36.8 Å². The Hall–Kier alpha value is -3.56. The third-order valence-electron chi connectivity index (χ3n) is 5.70. The number of pyridine rings is 1. The number of hydrogen-bond donors (Lipinski definition) is 0. The van der Waals surface area contributed by atoms with Crippen LogP contribution in [0.3, 0.4) is 0 Å². The van der Waals surface area contributed by atoms with Gasteiger partial charge in [0.25, 0.3) is 5.91 Å². The summed E-state index contributed by atoms with van der Waals surface area (Å²) in [4.78, 5) is 38.3. The molecule has 3 aromatic heterocycles. The summed E-state index contributed by atoms with van der Waals surface area (Å²) in [5.41, 5.74) is 2.45. The van der Waals surface area contributed by atoms with Crippen LogP contribution in [0, 0.1) is 6.92 Å². The molecule has 1 aliphatic heterocycles. The normalized spacial score (nSPS) is 16.7. The second-order valence-corrected chi connectivity index (χ2v) is 9.32. The first kappa shape index (κ1) is 22.2. The van der Waals surface area contributed by atoms with E-state index in [1.165, 1.54) is 4.90 Å². The summed E-state index contributed by atoms with van der Waals surface area (Å²) in [5.74, 6) is -0.260. The highest BCUT2D eigenvalue weighted by Gasteiger charge is 2.33. The van der Waals surface area contributed by atoms with Crippen LogP contribution in [0.1, 0.15) is 26.8 Å². The summed E-state index contributed by atoms with van der Waals surface area (Å²) >= 11 is 1.55. The van der Waals surface area contributed by atoms with Gasteiger partial charge in [-0.25, -0.2) is 4.98 Å². The van der Waals surface area contributed by atoms with E-state index in [1.807, 2.05) is 48.7 Å². The van der Waals surface area contributed by atoms with Crippen molar-refractivity contribution >= 4 is 34.1 Å². The van der Waals surface area contributed by atoms with Crippen LogP contribution in [0.5, 0.6) is 0 Å². The van der Waals surface area contributed by atoms with Crippen LogP contribution in [0.4, 0.5) is 0 Å². The molecule has 34 heavy (non-hydrogen) atoms. The van der Waals surface area contributed by atoms with Gasteiger partial charge in [-0.15, -0.1) is 11.3 Å². The molecule has 1 fully saturated rings. The number of carbonyl (C=O) groups is 2. The molecule has 4 aromatic rings. The minimum Gasteiger partial charge on any atom is -0.451 e. The maximum absolute atomic E-state index is 13.3. The predicted molar refractivity (Wildman–Crippen MR) is 127 cm³/mol. The molecule has 1 unspecified atom stereocenters. The monoisotopic (exact) mass is 476 g/mol. The number of hydrogen-bond acceptors (Lipinski definition) is 7. The zero-order chi connectivity index (χ0) is 23.5. The average Bonchev–Trinajstić information content (AvgIpc) is 3.43. The van der Waals surface area contributed by atoms with E-state index in [4.69, 9.17) is 9.15 Å². The summed E-state index contributed by atoms with van der Waals surface area (Å²) in [5, 5.41) is 3.75. The second-order valence-electron chi connectivity index (χ2n) is 8.25. The highest BCUT2D eigenvalue weighted by molar-refractivity contribution is 7.09. The smallest absolute Gasteiger partial charge is 0.290 e. The maximum Gasteiger partial charge on any atom is 0.290 e. The molecule has 1 atom stereocenters. The van der Waals surface area contributed by atoms with Crippen LogP contribution in [-0.2, 0) is 22.7 Å². The third kappa shape index (κ3) is 5.00. The lowest BCUT2D eigenvalue weighted by atomic mass is 10.2. The van der Waals surface area contributed by atoms with E-state index < -0.39 is 0 Å². The highest BCUT2D eigenvalue weighted by Crippen LogP contribution is 2.22. The van der Waals surface area contributed by atoms with Gasteiger partial charge in [0.15, 0.2) is 5.76 Å². The molecule has 0 bridgehead atoms. The zero-order valence-electron chi connectivity index (χ0n) is 18.7. The van der Waals surface area contributed by atoms with Crippen LogP contribution in [0.25, 0.3) is 11.0 Å². The topological polar surface area (TPSA) is 88.8 Å². The quantitative estimate of drug-likeness (QED) is 0.422. The number of ether oxygens (including phenoxy) is 1. The van der Waals surface area contributed by atoms with E-state index in [2.05, 4.69) is 9.97 Å². The Labute approximate surface area is 200 Å². The van der Waals surface area contributed by atoms with Gasteiger partial charge in [-0.2, -0.15) is 0 Å². The van der Waals surface area contributed by atoms with Gasteiger partial charge < -0.3 is 19.0 Å². The van der Waals surface area contributed by atoms with Crippen molar-refractivity contribution in [1.82, 2.24) is 19.8 Å². The van der Waals surface area contributed by atoms with Crippen molar-refractivity contribution in [2.45, 2.75) is 26.2 Å². The number of benzene rings is 1. The molecule has 0 radical (unpaired) electrons. The number of aromatic nitrogens is 2. The van der Waals surface area contributed by atoms with Crippen molar-refractivity contribution in [1.29, 1.82) is 0 Å². The van der Waals surface area contributed by atoms with Crippen LogP contribution in [0.2, 0.25) is 0 Å². The summed E-state index contributed by atoms with van der Waals surface area (Å²) in [6.45, 7) is 3.27. The molecule has 2 amide bonds. The average molecular weight is 477 g/mol. The molecule has 1 aromatic carbocycles. The molecule has 0 aliphatic carbocycles. The fraction of sp³-hybridized carbons (Fsp3) is 0.280. The Kier molecular flexibility index (Phi) is 6.37. The van der Waals surface area contributed by atoms with Crippen molar-refractivity contribution in [3.63, 3.8) is 0 Å². The predicted octanol–water partition coefficient (Wildman–Crippen LogP) is 3.66. The Morgan fingerprint density at radius 1 is 1.21 bits per heavy atom. The van der Waals surface area contributed by atoms with E-state index in [-0.39, 0.29) is 36.8 Å². The van der Waals surface area contributed by atoms with Crippen LogP contribution < -0.4 is 0 Å². The summed E-state index contributed by atoms with van der Waals surface area (Å²) in [6, 6.07) is 12.9. The number of nitrogens with zero attached hydrogens (tertiary/aromatic N) is 4. The first-order valence-corrected chi connectivity index (χ1v) is 11.9. The van der Waals surface area contributed by atoms with Crippen LogP contribution >= 0.6 is 11.3 Å². The molecule has 0 N–H and O–H groups in total. The van der Waals surface area contributed by atoms with Crippen LogP contribution in [-0.4, -0.2) is 57.3 Å². The lowest BCUT2D eigenvalue weighted by molar-refractivity contribution is -0.132. The van der Waals surface area contributed by atoms with Crippen molar-refractivity contribution < 1.29 is 18.7 Å². The summed E-state index contributed by atoms with van der Waals surface area (Å²) in [6.07, 6.45) is 3.06. The molecule has 4 heterocycles. The fourth-order valence-corrected chi connectivity index (χ4v) is 4.61. The molecular weight excluding hydrogens is 452 g/mol. The van der Waals surface area contributed by atoms with E-state index in [9.17, 15) is 9.59 Å². The van der Waals surface area contributed by atoms with Gasteiger partial charge in [-0.1, -0.05) is 18.2 Å². The SMILES string of the molecule is Cc1nc(CN2CC(OCc3ccncc3)CN(C(=O)c3cc4ccccc4o3)CC2=O)cs1. The third-order valence-corrected chi connectivity index (χ3v) is 6.53. The van der Waals surface area contributed by atoms with Gasteiger partial charge >= 0.3 is 0 Å². The Balaban J connectivity index is 1.37. The number of amides is 2. The summed E-state index contributed by atoms with van der Waals surface area (Å²) in [7, 11) is 0. The Morgan fingerprint density at radius 2 is 2.03 bits per heavy atom. The fourth-order valence-electron chi connectivity index (χ4n) is 4.00. The minimum atomic E-state index is -0.368. The van der Waals surface area contributed by atoms with Gasteiger partial charge in [0.05, 0.1) is 30.0 Å². The van der Waals surface area contributed by atoms with Gasteiger partial charge in [0, 0.05) is 36.2 Å². The number of thiazole rings is 1. The summed E-state index contributed by atoms with van der Waals surface area (Å²) < 4.78 is 12.0. The van der Waals surface area contributed by atoms with Crippen molar-refractivity contribution in [2.75, 3.05) is 19.6 Å². The largest absolute Gasteiger partial charge is 0.451 e. The first-order valence-electron chi connectivity index (χ1n) is 11.0. The number of para-hydroxylation sites is 1. The molecule has 1 aliphatic rings. The molecule has 8 nitrogen and oxygen atoms in total. The number of aryl methyl sites for hydroxylation is 1. The van der Waals surface area contributed by atoms with E-state index in [1.54, 1.807) is 34.7 Å². The number of fused-ring (bicyclic) bond motifs is 1. The lowest BCUT2D eigenvalue weighted by Crippen LogP contribution is -2.39. The molecule has 1 saturated heterocycles. The van der Waals surface area contributed by atoms with E-state index in [0.29, 0.717) is 25.3 Å². The lowest BCUT2D eigenvalue weighted by Gasteiger charge is -2.24. The Bertz CT molecular complexity index is 1270. The van der Waals surface area contributed by atoms with Gasteiger partial charge in [0.2, 0.25) is 5.91 Å². The Morgan fingerprint density at radius 3 is 2.79 bits per heavy atom. The molecule has 5 rings (SSSR count). The van der Waals surface area contributed by atoms with Crippen molar-refractivity contribution in [3.8, 4) is 0 Å². The number of carbonyl (C=O) groups excluding carboxylic acids is 2. The number of furan rings is 1. The molecule has 0 saturated carbocycles. The molecular formula is C25H24N4O4S. The van der Waals surface area contributed by atoms with Gasteiger partial charge in [0.1, 0.15) is 12.1 Å². The van der Waals surface area contributed by atoms with E-state index >= 15 is 0 Å². The van der Waals surface area contributed by atoms with Crippen molar-refractivity contribution in [3.05, 3.63) is 82.3 Å². The molecule has 174 valence electrons. The molecule has 9 heteroatoms. The maximum atomic E-state index is 13.3. The van der Waals surface area contributed by atoms with Crippen molar-refractivity contribution in [2.24, 2.45) is 0 Å². The van der Waals surface area contributed by atoms with E-state index in [0.717, 1.165) is 21.7 Å². The number of rotatable bonds is 6. The minimum absolute atomic E-state index is 0.0475. The standard InChI is InChI=1S/C25H24N4O4S/c1-17-27-20(16-34-17)11-28-12-21(32-15-18-6-8-26-9-7-18)13-29(14-24(28)30)25(31)23-10-19-4-2-3-5-22(19)33-23/h2-10,16,21H,11-15H2,1H3. The first-order chi connectivity index (χ1) is 16.5. The molecule has 0 spiro atoms.